The third-order valence-electron chi connectivity index (χ3n) is 2.56. The normalized spacial score (nSPS) is 12.7. The van der Waals surface area contributed by atoms with Crippen LogP contribution in [0.5, 0.6) is 0 Å². The van der Waals surface area contributed by atoms with Crippen molar-refractivity contribution in [2.75, 3.05) is 6.54 Å². The van der Waals surface area contributed by atoms with Crippen molar-refractivity contribution < 1.29 is 0 Å². The molecular formula is C13H21NS. The lowest BCUT2D eigenvalue weighted by Crippen LogP contribution is -2.31. The molecule has 0 radical (unpaired) electrons. The molecule has 1 rings (SSSR count). The number of nitrogens with one attached hydrogen (secondary N) is 1. The lowest BCUT2D eigenvalue weighted by Gasteiger charge is -2.17. The van der Waals surface area contributed by atoms with Crippen molar-refractivity contribution in [3.63, 3.8) is 0 Å². The Morgan fingerprint density at radius 3 is 2.87 bits per heavy atom. The highest BCUT2D eigenvalue weighted by Crippen LogP contribution is 2.15. The minimum Gasteiger partial charge on any atom is -0.314 e. The third-order valence-corrected chi connectivity index (χ3v) is 3.45. The van der Waals surface area contributed by atoms with Crippen LogP contribution in [0.25, 0.3) is 0 Å². The van der Waals surface area contributed by atoms with Crippen LogP contribution in [0.3, 0.4) is 0 Å². The van der Waals surface area contributed by atoms with Crippen molar-refractivity contribution in [1.29, 1.82) is 0 Å². The van der Waals surface area contributed by atoms with E-state index in [1.807, 2.05) is 11.3 Å². The highest BCUT2D eigenvalue weighted by molar-refractivity contribution is 7.09. The number of thiophene rings is 1. The zero-order valence-electron chi connectivity index (χ0n) is 9.75. The van der Waals surface area contributed by atoms with E-state index in [0.717, 1.165) is 25.8 Å². The second-order valence-electron chi connectivity index (χ2n) is 3.85. The van der Waals surface area contributed by atoms with E-state index in [4.69, 9.17) is 0 Å². The minimum absolute atomic E-state index is 0.557. The van der Waals surface area contributed by atoms with Crippen molar-refractivity contribution in [1.82, 2.24) is 5.32 Å². The van der Waals surface area contributed by atoms with E-state index in [9.17, 15) is 0 Å². The molecule has 1 nitrogen and oxygen atoms in total. The van der Waals surface area contributed by atoms with Crippen LogP contribution in [0.2, 0.25) is 0 Å². The number of likely N-dealkylation sites (N-methyl/N-ethyl adjacent to an activating group) is 1. The van der Waals surface area contributed by atoms with Gasteiger partial charge in [-0.15, -0.1) is 11.3 Å². The summed E-state index contributed by atoms with van der Waals surface area (Å²) in [6, 6.07) is 4.89. The molecule has 2 heteroatoms. The van der Waals surface area contributed by atoms with Gasteiger partial charge < -0.3 is 5.32 Å². The molecule has 0 aliphatic rings. The first kappa shape index (κ1) is 12.5. The number of rotatable bonds is 7. The SMILES string of the molecule is C=C(CC)CC(Cc1cccs1)NCC. The van der Waals surface area contributed by atoms with E-state index < -0.39 is 0 Å². The van der Waals surface area contributed by atoms with Gasteiger partial charge in [-0.05, 0) is 37.3 Å². The lowest BCUT2D eigenvalue weighted by molar-refractivity contribution is 0.519. The van der Waals surface area contributed by atoms with Crippen LogP contribution in [-0.4, -0.2) is 12.6 Å². The van der Waals surface area contributed by atoms with Gasteiger partial charge in [-0.25, -0.2) is 0 Å². The molecule has 0 fully saturated rings. The molecule has 0 spiro atoms. The van der Waals surface area contributed by atoms with Crippen molar-refractivity contribution in [2.45, 2.75) is 39.2 Å². The van der Waals surface area contributed by atoms with Gasteiger partial charge in [0, 0.05) is 10.9 Å². The summed E-state index contributed by atoms with van der Waals surface area (Å²) in [5, 5.41) is 5.68. The van der Waals surface area contributed by atoms with Gasteiger partial charge in [0.1, 0.15) is 0 Å². The Bertz CT molecular complexity index is 277. The largest absolute Gasteiger partial charge is 0.314 e. The third kappa shape index (κ3) is 4.63. The van der Waals surface area contributed by atoms with Gasteiger partial charge in [0.2, 0.25) is 0 Å². The van der Waals surface area contributed by atoms with E-state index >= 15 is 0 Å². The van der Waals surface area contributed by atoms with Crippen LogP contribution < -0.4 is 5.32 Å². The predicted octanol–water partition coefficient (Wildman–Crippen LogP) is 3.63. The first-order chi connectivity index (χ1) is 7.26. The van der Waals surface area contributed by atoms with Crippen LogP contribution in [0, 0.1) is 0 Å². The van der Waals surface area contributed by atoms with E-state index in [1.165, 1.54) is 10.5 Å². The van der Waals surface area contributed by atoms with Gasteiger partial charge in [0.15, 0.2) is 0 Å². The van der Waals surface area contributed by atoms with Crippen molar-refractivity contribution >= 4 is 11.3 Å². The molecule has 1 unspecified atom stereocenters. The van der Waals surface area contributed by atoms with Crippen LogP contribution in [0.4, 0.5) is 0 Å². The van der Waals surface area contributed by atoms with Gasteiger partial charge >= 0.3 is 0 Å². The molecule has 0 amide bonds. The molecule has 0 aromatic carbocycles. The molecule has 0 saturated carbocycles. The van der Waals surface area contributed by atoms with Crippen LogP contribution in [-0.2, 0) is 6.42 Å². The molecule has 1 aromatic rings. The second-order valence-corrected chi connectivity index (χ2v) is 4.88. The Balaban J connectivity index is 2.46. The fourth-order valence-corrected chi connectivity index (χ4v) is 2.46. The molecule has 0 aliphatic heterocycles. The maximum atomic E-state index is 4.09. The monoisotopic (exact) mass is 223 g/mol. The highest BCUT2D eigenvalue weighted by Gasteiger charge is 2.09. The van der Waals surface area contributed by atoms with Crippen LogP contribution >= 0.6 is 11.3 Å². The molecule has 1 aromatic heterocycles. The second kappa shape index (κ2) is 6.81. The fourth-order valence-electron chi connectivity index (χ4n) is 1.67. The quantitative estimate of drug-likeness (QED) is 0.696. The van der Waals surface area contributed by atoms with E-state index in [0.29, 0.717) is 6.04 Å². The maximum absolute atomic E-state index is 4.09. The van der Waals surface area contributed by atoms with Gasteiger partial charge in [-0.3, -0.25) is 0 Å². The number of hydrogen-bond donors (Lipinski definition) is 1. The first-order valence-electron chi connectivity index (χ1n) is 5.68. The molecule has 84 valence electrons. The molecule has 15 heavy (non-hydrogen) atoms. The lowest BCUT2D eigenvalue weighted by atomic mass is 10.0. The summed E-state index contributed by atoms with van der Waals surface area (Å²) in [5.74, 6) is 0. The smallest absolute Gasteiger partial charge is 0.0152 e. The molecule has 1 atom stereocenters. The van der Waals surface area contributed by atoms with Crippen molar-refractivity contribution in [3.8, 4) is 0 Å². The van der Waals surface area contributed by atoms with E-state index in [2.05, 4.69) is 43.3 Å². The van der Waals surface area contributed by atoms with Crippen molar-refractivity contribution in [3.05, 3.63) is 34.5 Å². The molecule has 0 saturated heterocycles. The summed E-state index contributed by atoms with van der Waals surface area (Å²) in [6.07, 6.45) is 3.32. The summed E-state index contributed by atoms with van der Waals surface area (Å²) >= 11 is 1.84. The molecule has 1 heterocycles. The Labute approximate surface area is 97.2 Å². The topological polar surface area (TPSA) is 12.0 Å². The zero-order chi connectivity index (χ0) is 11.1. The van der Waals surface area contributed by atoms with Crippen LogP contribution in [0.1, 0.15) is 31.6 Å². The average molecular weight is 223 g/mol. The Morgan fingerprint density at radius 2 is 2.33 bits per heavy atom. The van der Waals surface area contributed by atoms with Gasteiger partial charge in [-0.1, -0.05) is 32.1 Å². The summed E-state index contributed by atoms with van der Waals surface area (Å²) in [4.78, 5) is 1.46. The summed E-state index contributed by atoms with van der Waals surface area (Å²) < 4.78 is 0. The maximum Gasteiger partial charge on any atom is 0.0152 e. The number of hydrogen-bond acceptors (Lipinski definition) is 2. The van der Waals surface area contributed by atoms with Gasteiger partial charge in [-0.2, -0.15) is 0 Å². The Hall–Kier alpha value is -0.600. The highest BCUT2D eigenvalue weighted by atomic mass is 32.1. The molecule has 0 aliphatic carbocycles. The average Bonchev–Trinajstić information content (AvgIpc) is 2.70. The summed E-state index contributed by atoms with van der Waals surface area (Å²) in [7, 11) is 0. The summed E-state index contributed by atoms with van der Waals surface area (Å²) in [5.41, 5.74) is 1.34. The van der Waals surface area contributed by atoms with Crippen LogP contribution in [0.15, 0.2) is 29.7 Å². The van der Waals surface area contributed by atoms with Gasteiger partial charge in [0.05, 0.1) is 0 Å². The molecule has 1 N–H and O–H groups in total. The standard InChI is InChI=1S/C13H21NS/c1-4-11(3)9-12(14-5-2)10-13-7-6-8-15-13/h6-8,12,14H,3-5,9-10H2,1-2H3. The Kier molecular flexibility index (Phi) is 5.66. The Morgan fingerprint density at radius 1 is 1.53 bits per heavy atom. The summed E-state index contributed by atoms with van der Waals surface area (Å²) in [6.45, 7) is 9.46. The van der Waals surface area contributed by atoms with Crippen molar-refractivity contribution in [2.24, 2.45) is 0 Å². The molecular weight excluding hydrogens is 202 g/mol. The zero-order valence-corrected chi connectivity index (χ0v) is 10.6. The predicted molar refractivity (Wildman–Crippen MR) is 69.5 cm³/mol. The van der Waals surface area contributed by atoms with Gasteiger partial charge in [0.25, 0.3) is 0 Å². The fraction of sp³-hybridized carbons (Fsp3) is 0.538. The van der Waals surface area contributed by atoms with E-state index in [-0.39, 0.29) is 0 Å². The van der Waals surface area contributed by atoms with E-state index in [1.54, 1.807) is 0 Å². The first-order valence-corrected chi connectivity index (χ1v) is 6.56. The minimum atomic E-state index is 0.557. The molecule has 0 bridgehead atoms.